The largest absolute Gasteiger partial charge is 0.507 e. The van der Waals surface area contributed by atoms with E-state index in [0.717, 1.165) is 39.0 Å². The molecule has 0 radical (unpaired) electrons. The molecule has 5 rings (SSSR count). The summed E-state index contributed by atoms with van der Waals surface area (Å²) in [5.41, 5.74) is 10.4. The van der Waals surface area contributed by atoms with Crippen molar-refractivity contribution < 1.29 is 29.0 Å². The third-order valence-corrected chi connectivity index (χ3v) is 8.31. The highest BCUT2D eigenvalue weighted by Crippen LogP contribution is 2.27. The van der Waals surface area contributed by atoms with Gasteiger partial charge in [-0.1, -0.05) is 162 Å². The predicted molar refractivity (Wildman–Crippen MR) is 240 cm³/mol. The van der Waals surface area contributed by atoms with Crippen LogP contribution in [-0.2, 0) is 19.1 Å². The molecule has 1 N–H and O–H groups in total. The van der Waals surface area contributed by atoms with Crippen molar-refractivity contribution in [2.24, 2.45) is 0 Å². The summed E-state index contributed by atoms with van der Waals surface area (Å²) in [7, 11) is 2.80. The topological polar surface area (TPSA) is 89.9 Å². The van der Waals surface area contributed by atoms with Gasteiger partial charge in [0.25, 0.3) is 0 Å². The van der Waals surface area contributed by atoms with Crippen molar-refractivity contribution in [1.82, 2.24) is 0 Å². The molecule has 0 saturated carbocycles. The van der Waals surface area contributed by atoms with Gasteiger partial charge in [0.15, 0.2) is 5.78 Å². The zero-order valence-electron chi connectivity index (χ0n) is 36.6. The van der Waals surface area contributed by atoms with Crippen LogP contribution in [0.1, 0.15) is 112 Å². The average molecular weight is 773 g/mol. The van der Waals surface area contributed by atoms with Crippen LogP contribution in [0.25, 0.3) is 11.1 Å². The Balaban J connectivity index is 0.000000777. The van der Waals surface area contributed by atoms with Crippen molar-refractivity contribution in [3.63, 3.8) is 0 Å². The van der Waals surface area contributed by atoms with E-state index in [-0.39, 0.29) is 23.5 Å². The summed E-state index contributed by atoms with van der Waals surface area (Å²) < 4.78 is 9.54. The Labute approximate surface area is 342 Å². The molecule has 0 amide bonds. The maximum Gasteiger partial charge on any atom is 0.334 e. The number of rotatable bonds is 7. The summed E-state index contributed by atoms with van der Waals surface area (Å²) in [6.07, 6.45) is 0. The van der Waals surface area contributed by atoms with Gasteiger partial charge in [-0.3, -0.25) is 4.79 Å². The molecule has 0 spiro atoms. The fraction of sp³-hybridized carbons (Fsp3) is 0.275. The van der Waals surface area contributed by atoms with Crippen LogP contribution in [0.15, 0.2) is 139 Å². The number of ether oxygens (including phenoxy) is 2. The maximum absolute atomic E-state index is 12.1. The molecule has 0 saturated heterocycles. The first-order valence-electron chi connectivity index (χ1n) is 19.5. The quantitative estimate of drug-likeness (QED) is 0.101. The van der Waals surface area contributed by atoms with Crippen molar-refractivity contribution in [1.29, 1.82) is 0 Å². The number of carbonyl (C=O) groups is 3. The average Bonchev–Trinajstić information content (AvgIpc) is 3.26. The van der Waals surface area contributed by atoms with Gasteiger partial charge in [0, 0.05) is 16.7 Å². The summed E-state index contributed by atoms with van der Waals surface area (Å²) in [6, 6.07) is 40.1. The minimum absolute atomic E-state index is 0.0376. The van der Waals surface area contributed by atoms with E-state index in [4.69, 9.17) is 9.47 Å². The molecule has 6 nitrogen and oxygen atoms in total. The highest BCUT2D eigenvalue weighted by atomic mass is 16.5. The van der Waals surface area contributed by atoms with E-state index in [2.05, 4.69) is 0 Å². The fourth-order valence-corrected chi connectivity index (χ4v) is 5.26. The molecule has 0 aliphatic carbocycles. The highest BCUT2D eigenvalue weighted by Gasteiger charge is 2.15. The summed E-state index contributed by atoms with van der Waals surface area (Å²) in [5.74, 6) is -0.684. The second-order valence-electron chi connectivity index (χ2n) is 12.0. The van der Waals surface area contributed by atoms with E-state index >= 15 is 0 Å². The van der Waals surface area contributed by atoms with Gasteiger partial charge in [0.1, 0.15) is 5.75 Å². The van der Waals surface area contributed by atoms with Crippen molar-refractivity contribution in [3.05, 3.63) is 183 Å². The van der Waals surface area contributed by atoms with Crippen LogP contribution in [-0.4, -0.2) is 37.0 Å². The number of phenols is 1. The molecule has 57 heavy (non-hydrogen) atoms. The zero-order chi connectivity index (χ0) is 43.5. The summed E-state index contributed by atoms with van der Waals surface area (Å²) in [5, 5.41) is 9.76. The van der Waals surface area contributed by atoms with E-state index in [1.54, 1.807) is 38.1 Å². The van der Waals surface area contributed by atoms with Gasteiger partial charge in [-0.05, 0) is 92.6 Å². The van der Waals surface area contributed by atoms with Crippen molar-refractivity contribution in [2.45, 2.75) is 83.1 Å². The monoisotopic (exact) mass is 772 g/mol. The molecule has 5 aromatic carbocycles. The SMILES string of the molecule is CC.CC.CC.COC(=O)/C(C)=C(\C)c1ccccc1C.COC(=O)C(C)=C(c1ccccc1)c1ccccc1.Cc1ccc(C(=O)c2ccc(C)cc2O)cc1. The molecule has 0 fully saturated rings. The number of aryl methyl sites for hydroxylation is 3. The fourth-order valence-electron chi connectivity index (χ4n) is 5.26. The van der Waals surface area contributed by atoms with E-state index in [1.165, 1.54) is 19.8 Å². The van der Waals surface area contributed by atoms with Crippen molar-refractivity contribution >= 4 is 28.9 Å². The minimum atomic E-state index is -0.303. The second-order valence-corrected chi connectivity index (χ2v) is 12.0. The Kier molecular flexibility index (Phi) is 25.4. The second kappa shape index (κ2) is 28.4. The molecule has 0 atom stereocenters. The van der Waals surface area contributed by atoms with Gasteiger partial charge in [-0.2, -0.15) is 0 Å². The van der Waals surface area contributed by atoms with E-state index in [9.17, 15) is 19.5 Å². The first-order valence-corrected chi connectivity index (χ1v) is 19.5. The van der Waals surface area contributed by atoms with Crippen LogP contribution in [0.5, 0.6) is 5.75 Å². The number of aromatic hydroxyl groups is 1. The van der Waals surface area contributed by atoms with Gasteiger partial charge >= 0.3 is 11.9 Å². The molecule has 5 aromatic rings. The smallest absolute Gasteiger partial charge is 0.334 e. The van der Waals surface area contributed by atoms with Crippen molar-refractivity contribution in [3.8, 4) is 5.75 Å². The summed E-state index contributed by atoms with van der Waals surface area (Å²) in [6.45, 7) is 23.4. The van der Waals surface area contributed by atoms with Crippen LogP contribution >= 0.6 is 0 Å². The standard InChI is InChI=1S/C17H16O2.C15H14O2.C13H16O2.3C2H6/c1-13(17(18)19-2)16(14-9-5-3-6-10-14)15-11-7-4-8-12-15;1-10-3-6-12(7-4-10)15(17)13-8-5-11(2)9-14(13)16;1-9-7-5-6-8-12(9)10(2)11(3)13(14)15-4;3*1-2/h3-12H,1-2H3;3-9,16H,1-2H3;5-8H,1-4H3;3*1-2H3/b;;11-10+;;;. The van der Waals surface area contributed by atoms with Gasteiger partial charge in [0.2, 0.25) is 0 Å². The number of benzene rings is 5. The Morgan fingerprint density at radius 3 is 1.33 bits per heavy atom. The Bertz CT molecular complexity index is 1960. The predicted octanol–water partition coefficient (Wildman–Crippen LogP) is 13.0. The van der Waals surface area contributed by atoms with Gasteiger partial charge in [-0.25, -0.2) is 9.59 Å². The third kappa shape index (κ3) is 16.3. The van der Waals surface area contributed by atoms with Gasteiger partial charge in [-0.15, -0.1) is 0 Å². The van der Waals surface area contributed by atoms with E-state index < -0.39 is 0 Å². The Morgan fingerprint density at radius 1 is 0.474 bits per heavy atom. The van der Waals surface area contributed by atoms with Crippen LogP contribution in [0.4, 0.5) is 0 Å². The number of hydrogen-bond donors (Lipinski definition) is 1. The summed E-state index contributed by atoms with van der Waals surface area (Å²) >= 11 is 0. The number of ketones is 1. The number of hydrogen-bond acceptors (Lipinski definition) is 6. The highest BCUT2D eigenvalue weighted by molar-refractivity contribution is 6.10. The Morgan fingerprint density at radius 2 is 0.895 bits per heavy atom. The van der Waals surface area contributed by atoms with Crippen LogP contribution < -0.4 is 0 Å². The van der Waals surface area contributed by atoms with Crippen LogP contribution in [0, 0.1) is 20.8 Å². The number of allylic oxidation sites excluding steroid dienone is 1. The molecule has 304 valence electrons. The molecule has 0 unspecified atom stereocenters. The number of carbonyl (C=O) groups excluding carboxylic acids is 3. The lowest BCUT2D eigenvalue weighted by Crippen LogP contribution is -2.05. The molecule has 0 heterocycles. The molecule has 0 aromatic heterocycles. The lowest BCUT2D eigenvalue weighted by molar-refractivity contribution is -0.136. The van der Waals surface area contributed by atoms with Crippen LogP contribution in [0.2, 0.25) is 0 Å². The van der Waals surface area contributed by atoms with Gasteiger partial charge < -0.3 is 14.6 Å². The number of methoxy groups -OCH3 is 2. The molecule has 0 bridgehead atoms. The zero-order valence-corrected chi connectivity index (χ0v) is 36.6. The lowest BCUT2D eigenvalue weighted by atomic mass is 9.94. The van der Waals surface area contributed by atoms with E-state index in [0.29, 0.717) is 22.3 Å². The Hall–Kier alpha value is -6.01. The molecular weight excluding hydrogens is 709 g/mol. The number of phenolic OH excluding ortho intramolecular Hbond substituents is 1. The molecule has 0 aliphatic rings. The summed E-state index contributed by atoms with van der Waals surface area (Å²) in [4.78, 5) is 35.3. The van der Waals surface area contributed by atoms with Gasteiger partial charge in [0.05, 0.1) is 19.8 Å². The molecular formula is C51H64O6. The molecule has 0 aliphatic heterocycles. The van der Waals surface area contributed by atoms with Crippen molar-refractivity contribution in [2.75, 3.05) is 14.2 Å². The third-order valence-electron chi connectivity index (χ3n) is 8.31. The lowest BCUT2D eigenvalue weighted by Gasteiger charge is -2.12. The minimum Gasteiger partial charge on any atom is -0.507 e. The van der Waals surface area contributed by atoms with Crippen LogP contribution in [0.3, 0.4) is 0 Å². The molecule has 6 heteroatoms. The normalized spacial score (nSPS) is 9.79. The first kappa shape index (κ1) is 51.0. The van der Waals surface area contributed by atoms with E-state index in [1.807, 2.05) is 172 Å². The number of esters is 2. The maximum atomic E-state index is 12.1. The first-order chi connectivity index (χ1) is 27.4.